The van der Waals surface area contributed by atoms with Gasteiger partial charge in [0.2, 0.25) is 0 Å². The molecule has 0 radical (unpaired) electrons. The molecule has 2 fully saturated rings. The van der Waals surface area contributed by atoms with Gasteiger partial charge in [-0.2, -0.15) is 0 Å². The molecule has 0 spiro atoms. The third-order valence-electron chi connectivity index (χ3n) is 3.43. The van der Waals surface area contributed by atoms with Gasteiger partial charge in [-0.3, -0.25) is 4.79 Å². The molecule has 2 nitrogen and oxygen atoms in total. The van der Waals surface area contributed by atoms with Gasteiger partial charge in [0.25, 0.3) is 0 Å². The molecule has 13 heavy (non-hydrogen) atoms. The Bertz CT molecular complexity index is 255. The lowest BCUT2D eigenvalue weighted by atomic mass is 9.88. The van der Waals surface area contributed by atoms with Gasteiger partial charge < -0.3 is 4.74 Å². The molecule has 1 saturated carbocycles. The number of fused-ring (bicyclic) bond motifs is 1. The number of rotatable bonds is 1. The molecule has 1 saturated heterocycles. The zero-order valence-corrected chi connectivity index (χ0v) is 8.25. The van der Waals surface area contributed by atoms with Crippen molar-refractivity contribution in [3.8, 4) is 0 Å². The molecule has 0 aromatic rings. The van der Waals surface area contributed by atoms with Crippen molar-refractivity contribution in [2.24, 2.45) is 17.3 Å². The largest absolute Gasteiger partial charge is 0.461 e. The molecular formula is C11H16O2. The Kier molecular flexibility index (Phi) is 1.76. The quantitative estimate of drug-likeness (QED) is 0.456. The average Bonchev–Trinajstić information content (AvgIpc) is 2.51. The fraction of sp³-hybridized carbons (Fsp3) is 0.727. The van der Waals surface area contributed by atoms with E-state index in [1.807, 2.05) is 6.08 Å². The Morgan fingerprint density at radius 3 is 2.92 bits per heavy atom. The first-order valence-electron chi connectivity index (χ1n) is 4.86. The van der Waals surface area contributed by atoms with Gasteiger partial charge in [-0.25, -0.2) is 0 Å². The summed E-state index contributed by atoms with van der Waals surface area (Å²) >= 11 is 0. The maximum atomic E-state index is 11.1. The van der Waals surface area contributed by atoms with Crippen LogP contribution < -0.4 is 0 Å². The topological polar surface area (TPSA) is 26.3 Å². The lowest BCUT2D eigenvalue weighted by Gasteiger charge is -2.24. The van der Waals surface area contributed by atoms with Crippen LogP contribution in [-0.2, 0) is 9.53 Å². The van der Waals surface area contributed by atoms with Crippen LogP contribution >= 0.6 is 0 Å². The highest BCUT2D eigenvalue weighted by Crippen LogP contribution is 2.51. The van der Waals surface area contributed by atoms with E-state index in [0.717, 1.165) is 6.42 Å². The van der Waals surface area contributed by atoms with Crippen LogP contribution in [0.1, 0.15) is 26.7 Å². The molecule has 2 rings (SSSR count). The second-order valence-electron chi connectivity index (χ2n) is 4.87. The van der Waals surface area contributed by atoms with Crippen LogP contribution in [0.3, 0.4) is 0 Å². The molecule has 0 aromatic carbocycles. The van der Waals surface area contributed by atoms with Crippen molar-refractivity contribution in [1.29, 1.82) is 0 Å². The summed E-state index contributed by atoms with van der Waals surface area (Å²) in [6.07, 6.45) is 3.79. The Hall–Kier alpha value is -0.790. The Balaban J connectivity index is 2.26. The van der Waals surface area contributed by atoms with E-state index >= 15 is 0 Å². The minimum absolute atomic E-state index is 0.0328. The van der Waals surface area contributed by atoms with E-state index in [1.165, 1.54) is 0 Å². The average molecular weight is 180 g/mol. The summed E-state index contributed by atoms with van der Waals surface area (Å²) in [5.74, 6) is 0.820. The molecule has 0 unspecified atom stereocenters. The van der Waals surface area contributed by atoms with Crippen LogP contribution in [0.5, 0.6) is 0 Å². The molecule has 1 aliphatic heterocycles. The van der Waals surface area contributed by atoms with Crippen LogP contribution in [0, 0.1) is 17.3 Å². The summed E-state index contributed by atoms with van der Waals surface area (Å²) in [7, 11) is 0. The van der Waals surface area contributed by atoms with E-state index in [0.29, 0.717) is 18.3 Å². The van der Waals surface area contributed by atoms with Crippen molar-refractivity contribution in [1.82, 2.24) is 0 Å². The van der Waals surface area contributed by atoms with E-state index in [4.69, 9.17) is 4.74 Å². The summed E-state index contributed by atoms with van der Waals surface area (Å²) in [5, 5.41) is 0. The smallest absolute Gasteiger partial charge is 0.306 e. The van der Waals surface area contributed by atoms with Crippen LogP contribution in [0.4, 0.5) is 0 Å². The normalized spacial score (nSPS) is 41.4. The first kappa shape index (κ1) is 8.79. The molecule has 3 atom stereocenters. The van der Waals surface area contributed by atoms with E-state index in [2.05, 4.69) is 20.4 Å². The van der Waals surface area contributed by atoms with E-state index in [-0.39, 0.29) is 17.5 Å². The Labute approximate surface area is 79.0 Å². The van der Waals surface area contributed by atoms with E-state index in [9.17, 15) is 4.79 Å². The van der Waals surface area contributed by atoms with Gasteiger partial charge in [0.15, 0.2) is 0 Å². The standard InChI is InChI=1S/C11H16O2/c1-4-7-6-11(2,3)10-8(7)5-9(12)13-10/h4,7-8,10H,1,5-6H2,2-3H3/t7-,8-,10-/m1/s1. The number of carbonyl (C=O) groups is 1. The summed E-state index contributed by atoms with van der Waals surface area (Å²) < 4.78 is 5.35. The van der Waals surface area contributed by atoms with E-state index in [1.54, 1.807) is 0 Å². The highest BCUT2D eigenvalue weighted by molar-refractivity contribution is 5.72. The molecule has 0 N–H and O–H groups in total. The number of allylic oxidation sites excluding steroid dienone is 1. The molecule has 0 aromatic heterocycles. The van der Waals surface area contributed by atoms with Crippen LogP contribution in [-0.4, -0.2) is 12.1 Å². The van der Waals surface area contributed by atoms with Gasteiger partial charge in [0.05, 0.1) is 6.42 Å². The number of esters is 1. The van der Waals surface area contributed by atoms with Crippen molar-refractivity contribution in [3.63, 3.8) is 0 Å². The van der Waals surface area contributed by atoms with Gasteiger partial charge in [0, 0.05) is 11.3 Å². The van der Waals surface area contributed by atoms with Gasteiger partial charge in [0.1, 0.15) is 6.10 Å². The molecule has 72 valence electrons. The number of carbonyl (C=O) groups excluding carboxylic acids is 1. The van der Waals surface area contributed by atoms with Crippen molar-refractivity contribution < 1.29 is 9.53 Å². The zero-order valence-electron chi connectivity index (χ0n) is 8.25. The van der Waals surface area contributed by atoms with Crippen LogP contribution in [0.2, 0.25) is 0 Å². The third kappa shape index (κ3) is 1.19. The zero-order chi connectivity index (χ0) is 9.64. The number of hydrogen-bond acceptors (Lipinski definition) is 2. The van der Waals surface area contributed by atoms with Gasteiger partial charge in [-0.15, -0.1) is 6.58 Å². The molecular weight excluding hydrogens is 164 g/mol. The Morgan fingerprint density at radius 1 is 1.62 bits per heavy atom. The lowest BCUT2D eigenvalue weighted by Crippen LogP contribution is -2.26. The minimum Gasteiger partial charge on any atom is -0.461 e. The van der Waals surface area contributed by atoms with Crippen LogP contribution in [0.25, 0.3) is 0 Å². The summed E-state index contributed by atoms with van der Waals surface area (Å²) in [5.41, 5.74) is 0.135. The first-order valence-corrected chi connectivity index (χ1v) is 4.86. The van der Waals surface area contributed by atoms with Gasteiger partial charge in [-0.05, 0) is 12.3 Å². The third-order valence-corrected chi connectivity index (χ3v) is 3.43. The van der Waals surface area contributed by atoms with E-state index < -0.39 is 0 Å². The predicted molar refractivity (Wildman–Crippen MR) is 50.1 cm³/mol. The highest BCUT2D eigenvalue weighted by Gasteiger charge is 2.53. The van der Waals surface area contributed by atoms with Crippen molar-refractivity contribution >= 4 is 5.97 Å². The molecule has 0 bridgehead atoms. The Morgan fingerprint density at radius 2 is 2.31 bits per heavy atom. The van der Waals surface area contributed by atoms with Crippen molar-refractivity contribution in [2.45, 2.75) is 32.8 Å². The van der Waals surface area contributed by atoms with Crippen molar-refractivity contribution in [3.05, 3.63) is 12.7 Å². The second kappa shape index (κ2) is 2.60. The maximum absolute atomic E-state index is 11.1. The number of hydrogen-bond donors (Lipinski definition) is 0. The first-order chi connectivity index (χ1) is 6.04. The fourth-order valence-corrected chi connectivity index (χ4v) is 2.82. The molecule has 0 amide bonds. The molecule has 2 heteroatoms. The van der Waals surface area contributed by atoms with Crippen molar-refractivity contribution in [2.75, 3.05) is 0 Å². The molecule has 2 aliphatic rings. The second-order valence-corrected chi connectivity index (χ2v) is 4.87. The van der Waals surface area contributed by atoms with Crippen LogP contribution in [0.15, 0.2) is 12.7 Å². The lowest BCUT2D eigenvalue weighted by molar-refractivity contribution is -0.145. The maximum Gasteiger partial charge on any atom is 0.306 e. The number of ether oxygens (including phenoxy) is 1. The predicted octanol–water partition coefficient (Wildman–Crippen LogP) is 2.15. The highest BCUT2D eigenvalue weighted by atomic mass is 16.6. The molecule has 1 heterocycles. The summed E-state index contributed by atoms with van der Waals surface area (Å²) in [6, 6.07) is 0. The monoisotopic (exact) mass is 180 g/mol. The van der Waals surface area contributed by atoms with Gasteiger partial charge >= 0.3 is 5.97 Å². The molecule has 1 aliphatic carbocycles. The van der Waals surface area contributed by atoms with Gasteiger partial charge in [-0.1, -0.05) is 19.9 Å². The summed E-state index contributed by atoms with van der Waals surface area (Å²) in [6.45, 7) is 8.17. The fourth-order valence-electron chi connectivity index (χ4n) is 2.82. The minimum atomic E-state index is -0.0328. The SMILES string of the molecule is C=C[C@@H]1CC(C)(C)[C@@H]2OC(=O)C[C@H]12. The summed E-state index contributed by atoms with van der Waals surface area (Å²) in [4.78, 5) is 11.1.